The zero-order valence-electron chi connectivity index (χ0n) is 20.6. The van der Waals surface area contributed by atoms with Crippen molar-refractivity contribution in [1.82, 2.24) is 0 Å². The van der Waals surface area contributed by atoms with E-state index in [9.17, 15) is 5.11 Å². The van der Waals surface area contributed by atoms with Crippen LogP contribution in [0.15, 0.2) is 34.9 Å². The van der Waals surface area contributed by atoms with Crippen molar-refractivity contribution in [2.45, 2.75) is 91.7 Å². The van der Waals surface area contributed by atoms with Crippen LogP contribution in [0.25, 0.3) is 0 Å². The second-order valence-corrected chi connectivity index (χ2v) is 12.3. The van der Waals surface area contributed by atoms with Gasteiger partial charge in [-0.1, -0.05) is 43.2 Å². The molecule has 172 valence electrons. The lowest BCUT2D eigenvalue weighted by Gasteiger charge is -2.58. The predicted molar refractivity (Wildman–Crippen MR) is 132 cm³/mol. The number of aliphatic hydroxyl groups is 1. The van der Waals surface area contributed by atoms with Gasteiger partial charge in [-0.15, -0.1) is 0 Å². The molecule has 1 aromatic carbocycles. The highest BCUT2D eigenvalue weighted by atomic mass is 16.3. The molecular formula is C29H40N2O. The Balaban J connectivity index is 1.33. The monoisotopic (exact) mass is 432 g/mol. The minimum absolute atomic E-state index is 0.114. The highest BCUT2D eigenvalue weighted by Crippen LogP contribution is 2.67. The topological polar surface area (TPSA) is 35.8 Å². The van der Waals surface area contributed by atoms with E-state index in [1.165, 1.54) is 54.6 Å². The van der Waals surface area contributed by atoms with Crippen LogP contribution in [-0.4, -0.2) is 23.0 Å². The summed E-state index contributed by atoms with van der Waals surface area (Å²) in [7, 11) is 0. The van der Waals surface area contributed by atoms with Crippen LogP contribution in [0.2, 0.25) is 0 Å². The zero-order chi connectivity index (χ0) is 22.4. The fourth-order valence-electron chi connectivity index (χ4n) is 9.13. The molecule has 3 fully saturated rings. The molecule has 0 bridgehead atoms. The SMILES string of the molecule is Cc1ccc(N2N=C3C[C@H]4[C@@H]5CC=C6C[C@@H](O)CC[C@]6(C)[C@H]5CC[C@]4(C)[C@H]3[C@@H]2C)c(C)c1. The van der Waals surface area contributed by atoms with Gasteiger partial charge in [-0.3, -0.25) is 5.01 Å². The van der Waals surface area contributed by atoms with Crippen molar-refractivity contribution in [2.75, 3.05) is 5.01 Å². The molecule has 3 saturated carbocycles. The van der Waals surface area contributed by atoms with Gasteiger partial charge < -0.3 is 5.11 Å². The van der Waals surface area contributed by atoms with E-state index < -0.39 is 0 Å². The molecule has 1 N–H and O–H groups in total. The molecule has 0 spiro atoms. The first-order valence-corrected chi connectivity index (χ1v) is 13.0. The van der Waals surface area contributed by atoms with E-state index in [1.54, 1.807) is 5.57 Å². The predicted octanol–water partition coefficient (Wildman–Crippen LogP) is 6.42. The van der Waals surface area contributed by atoms with Crippen LogP contribution < -0.4 is 5.01 Å². The maximum absolute atomic E-state index is 10.3. The van der Waals surface area contributed by atoms with Gasteiger partial charge in [0.1, 0.15) is 0 Å². The van der Waals surface area contributed by atoms with Gasteiger partial charge in [-0.25, -0.2) is 0 Å². The van der Waals surface area contributed by atoms with Crippen molar-refractivity contribution in [3.05, 3.63) is 41.0 Å². The van der Waals surface area contributed by atoms with E-state index in [4.69, 9.17) is 5.10 Å². The fraction of sp³-hybridized carbons (Fsp3) is 0.690. The third kappa shape index (κ3) is 2.73. The van der Waals surface area contributed by atoms with Crippen molar-refractivity contribution >= 4 is 11.4 Å². The van der Waals surface area contributed by atoms with Crippen molar-refractivity contribution in [2.24, 2.45) is 39.6 Å². The number of nitrogens with zero attached hydrogens (tertiary/aromatic N) is 2. The third-order valence-electron chi connectivity index (χ3n) is 10.7. The minimum atomic E-state index is -0.114. The largest absolute Gasteiger partial charge is 0.393 e. The fourth-order valence-corrected chi connectivity index (χ4v) is 9.13. The molecule has 32 heavy (non-hydrogen) atoms. The molecule has 0 amide bonds. The summed E-state index contributed by atoms with van der Waals surface area (Å²) in [5.41, 5.74) is 7.68. The average Bonchev–Trinajstić information content (AvgIpc) is 3.22. The number of benzene rings is 1. The van der Waals surface area contributed by atoms with Gasteiger partial charge in [0.25, 0.3) is 0 Å². The Bertz CT molecular complexity index is 1010. The van der Waals surface area contributed by atoms with Gasteiger partial charge >= 0.3 is 0 Å². The molecule has 3 nitrogen and oxygen atoms in total. The summed E-state index contributed by atoms with van der Waals surface area (Å²) in [6.07, 6.45) is 10.6. The van der Waals surface area contributed by atoms with Gasteiger partial charge in [0.05, 0.1) is 17.8 Å². The van der Waals surface area contributed by atoms with Crippen LogP contribution in [0, 0.1) is 48.3 Å². The Morgan fingerprint density at radius 1 is 1.06 bits per heavy atom. The molecule has 1 aliphatic heterocycles. The molecule has 6 rings (SSSR count). The molecule has 0 aromatic heterocycles. The average molecular weight is 433 g/mol. The Hall–Kier alpha value is -1.61. The van der Waals surface area contributed by atoms with E-state index in [0.29, 0.717) is 22.8 Å². The second-order valence-electron chi connectivity index (χ2n) is 12.3. The number of anilines is 1. The Kier molecular flexibility index (Phi) is 4.55. The number of hydrogen-bond acceptors (Lipinski definition) is 3. The number of allylic oxidation sites excluding steroid dienone is 1. The Morgan fingerprint density at radius 3 is 2.66 bits per heavy atom. The molecule has 0 radical (unpaired) electrons. The van der Waals surface area contributed by atoms with Crippen molar-refractivity contribution in [3.63, 3.8) is 0 Å². The van der Waals surface area contributed by atoms with E-state index in [2.05, 4.69) is 63.9 Å². The second kappa shape index (κ2) is 6.95. The molecule has 1 heterocycles. The van der Waals surface area contributed by atoms with Crippen LogP contribution >= 0.6 is 0 Å². The maximum Gasteiger partial charge on any atom is 0.0626 e. The molecule has 4 aliphatic carbocycles. The number of fused-ring (bicyclic) bond motifs is 7. The van der Waals surface area contributed by atoms with E-state index >= 15 is 0 Å². The van der Waals surface area contributed by atoms with E-state index in [1.807, 2.05) is 0 Å². The quantitative estimate of drug-likeness (QED) is 0.520. The number of aryl methyl sites for hydroxylation is 2. The highest BCUT2D eigenvalue weighted by molar-refractivity contribution is 5.94. The Morgan fingerprint density at radius 2 is 1.88 bits per heavy atom. The van der Waals surface area contributed by atoms with Crippen molar-refractivity contribution < 1.29 is 5.11 Å². The number of rotatable bonds is 1. The first-order valence-electron chi connectivity index (χ1n) is 13.0. The molecular weight excluding hydrogens is 392 g/mol. The molecule has 0 unspecified atom stereocenters. The summed E-state index contributed by atoms with van der Waals surface area (Å²) in [5.74, 6) is 2.92. The van der Waals surface area contributed by atoms with Crippen LogP contribution in [0.5, 0.6) is 0 Å². The first kappa shape index (κ1) is 21.0. The van der Waals surface area contributed by atoms with Crippen molar-refractivity contribution in [1.29, 1.82) is 0 Å². The lowest BCUT2D eigenvalue weighted by Crippen LogP contribution is -2.52. The maximum atomic E-state index is 10.3. The number of aliphatic hydroxyl groups excluding tert-OH is 1. The minimum Gasteiger partial charge on any atom is -0.393 e. The van der Waals surface area contributed by atoms with E-state index in [-0.39, 0.29) is 6.10 Å². The molecule has 0 saturated heterocycles. The summed E-state index contributed by atoms with van der Waals surface area (Å²) in [4.78, 5) is 0. The van der Waals surface area contributed by atoms with Gasteiger partial charge in [0, 0.05) is 11.6 Å². The zero-order valence-corrected chi connectivity index (χ0v) is 20.6. The summed E-state index contributed by atoms with van der Waals surface area (Å²) in [6.45, 7) is 12.0. The van der Waals surface area contributed by atoms with Crippen LogP contribution in [-0.2, 0) is 0 Å². The number of hydrogen-bond donors (Lipinski definition) is 1. The molecule has 8 atom stereocenters. The summed E-state index contributed by atoms with van der Waals surface area (Å²) < 4.78 is 0. The van der Waals surface area contributed by atoms with Crippen LogP contribution in [0.1, 0.15) is 76.8 Å². The normalized spacial score (nSPS) is 44.9. The van der Waals surface area contributed by atoms with Crippen LogP contribution in [0.4, 0.5) is 5.69 Å². The first-order chi connectivity index (χ1) is 15.2. The van der Waals surface area contributed by atoms with Crippen molar-refractivity contribution in [3.8, 4) is 0 Å². The van der Waals surface area contributed by atoms with Gasteiger partial charge in [0.15, 0.2) is 0 Å². The molecule has 3 heteroatoms. The van der Waals surface area contributed by atoms with Gasteiger partial charge in [0.2, 0.25) is 0 Å². The van der Waals surface area contributed by atoms with Crippen LogP contribution in [0.3, 0.4) is 0 Å². The lowest BCUT2D eigenvalue weighted by atomic mass is 9.47. The molecule has 5 aliphatic rings. The summed E-state index contributed by atoms with van der Waals surface area (Å²) in [6, 6.07) is 7.23. The van der Waals surface area contributed by atoms with Gasteiger partial charge in [-0.05, 0) is 106 Å². The standard InChI is InChI=1S/C29H40N2O/c1-17-6-9-26(18(2)14-17)31-19(3)27-25(30-31)16-24-22-8-7-20-15-21(32)10-12-28(20,4)23(22)11-13-29(24,27)5/h6-7,9,14,19,21-24,27,32H,8,10-13,15-16H2,1-5H3/t19-,21-,22+,23-,24-,27-,28-,29-/m0/s1. The summed E-state index contributed by atoms with van der Waals surface area (Å²) >= 11 is 0. The molecule has 1 aromatic rings. The van der Waals surface area contributed by atoms with Gasteiger partial charge in [-0.2, -0.15) is 5.10 Å². The highest BCUT2D eigenvalue weighted by Gasteiger charge is 2.63. The lowest BCUT2D eigenvalue weighted by molar-refractivity contribution is -0.0509. The Labute approximate surface area is 194 Å². The van der Waals surface area contributed by atoms with E-state index in [0.717, 1.165) is 30.6 Å². The number of hydrazone groups is 1. The third-order valence-corrected chi connectivity index (χ3v) is 10.7. The summed E-state index contributed by atoms with van der Waals surface area (Å²) in [5, 5.41) is 17.9. The smallest absolute Gasteiger partial charge is 0.0626 e.